The highest BCUT2D eigenvalue weighted by molar-refractivity contribution is 5.67. The lowest BCUT2D eigenvalue weighted by atomic mass is 10.1. The van der Waals surface area contributed by atoms with Crippen molar-refractivity contribution in [1.29, 1.82) is 0 Å². The summed E-state index contributed by atoms with van der Waals surface area (Å²) in [5.74, 6) is -1.26. The highest BCUT2D eigenvalue weighted by Crippen LogP contribution is 2.08. The van der Waals surface area contributed by atoms with Crippen molar-refractivity contribution in [2.45, 2.75) is 58.3 Å². The molecule has 0 rings (SSSR count). The minimum Gasteiger partial charge on any atom is -0.480 e. The first-order chi connectivity index (χ1) is 9.18. The van der Waals surface area contributed by atoms with E-state index in [4.69, 9.17) is 16.0 Å². The van der Waals surface area contributed by atoms with Gasteiger partial charge in [0.15, 0.2) is 0 Å². The number of rotatable bonds is 14. The average molecular weight is 262 g/mol. The van der Waals surface area contributed by atoms with Crippen LogP contribution in [0.2, 0.25) is 0 Å². The van der Waals surface area contributed by atoms with Gasteiger partial charge in [-0.2, -0.15) is 0 Å². The van der Waals surface area contributed by atoms with Gasteiger partial charge in [-0.1, -0.05) is 51.9 Å². The fourth-order valence-electron chi connectivity index (χ4n) is 1.68. The van der Waals surface area contributed by atoms with Crippen molar-refractivity contribution in [3.8, 4) is 0 Å². The lowest BCUT2D eigenvalue weighted by Gasteiger charge is -2.04. The first-order valence-electron chi connectivity index (χ1n) is 7.60. The predicted octanol–water partition coefficient (Wildman–Crippen LogP) is 3.24. The first kappa shape index (κ1) is 15.4. The van der Waals surface area contributed by atoms with Crippen LogP contribution in [0.5, 0.6) is 0 Å². The fraction of sp³-hybridized carbons (Fsp3) is 0.929. The van der Waals surface area contributed by atoms with Crippen molar-refractivity contribution in [3.05, 3.63) is 0 Å². The second-order valence-electron chi connectivity index (χ2n) is 4.41. The third kappa shape index (κ3) is 15.4. The number of hydrogen-bond donors (Lipinski definition) is 1. The second-order valence-corrected chi connectivity index (χ2v) is 4.41. The monoisotopic (exact) mass is 262 g/mol. The summed E-state index contributed by atoms with van der Waals surface area (Å²) in [5, 5.41) is 8.41. The second kappa shape index (κ2) is 14.5. The van der Waals surface area contributed by atoms with Crippen LogP contribution in [0.4, 0.5) is 0 Å². The quantitative estimate of drug-likeness (QED) is 0.488. The summed E-state index contributed by atoms with van der Waals surface area (Å²) in [6, 6.07) is 0. The number of carbonyl (C=O) groups is 1. The predicted molar refractivity (Wildman–Crippen MR) is 71.9 cm³/mol. The number of carboxylic acid groups (broad SMARTS) is 1. The largest absolute Gasteiger partial charge is 0.480 e. The molecule has 0 aliphatic heterocycles. The van der Waals surface area contributed by atoms with Gasteiger partial charge in [-0.05, 0) is 6.42 Å². The maximum Gasteiger partial charge on any atom is 0.329 e. The molecule has 1 N–H and O–H groups in total. The molecule has 0 spiro atoms. The summed E-state index contributed by atoms with van der Waals surface area (Å²) in [7, 11) is 0. The Labute approximate surface area is 112 Å². The molecular formula is C14H28O4. The van der Waals surface area contributed by atoms with Crippen LogP contribution in [0.3, 0.4) is 0 Å². The number of carboxylic acids is 1. The minimum atomic E-state index is -1.49. The van der Waals surface area contributed by atoms with Gasteiger partial charge in [0.1, 0.15) is 6.58 Å². The molecule has 1 atom stereocenters. The van der Waals surface area contributed by atoms with E-state index in [0.717, 1.165) is 6.42 Å². The Morgan fingerprint density at radius 2 is 1.50 bits per heavy atom. The molecule has 0 amide bonds. The van der Waals surface area contributed by atoms with Crippen LogP contribution in [0.1, 0.15) is 59.7 Å². The molecule has 0 aromatic carbocycles. The summed E-state index contributed by atoms with van der Waals surface area (Å²) in [6.07, 6.45) is 10.1. The van der Waals surface area contributed by atoms with E-state index < -0.39 is 12.6 Å². The molecule has 0 heterocycles. The number of unbranched alkanes of at least 4 members (excludes halogenated alkanes) is 7. The van der Waals surface area contributed by atoms with Gasteiger partial charge in [0.05, 0.1) is 14.6 Å². The van der Waals surface area contributed by atoms with Gasteiger partial charge >= 0.3 is 5.97 Å². The normalized spacial score (nSPS) is 13.3. The third-order valence-corrected chi connectivity index (χ3v) is 2.67. The molecule has 0 radical (unpaired) electrons. The molecule has 108 valence electrons. The zero-order valence-electron chi connectivity index (χ0n) is 12.5. The van der Waals surface area contributed by atoms with E-state index in [1.807, 2.05) is 0 Å². The number of ether oxygens (including phenoxy) is 2. The molecular weight excluding hydrogens is 232 g/mol. The smallest absolute Gasteiger partial charge is 0.329 e. The van der Waals surface area contributed by atoms with Crippen molar-refractivity contribution in [1.82, 2.24) is 0 Å². The SMILES string of the molecule is [3H]C(OCCOCCCCCCCCCC)C(=O)O. The molecule has 4 heteroatoms. The van der Waals surface area contributed by atoms with Crippen molar-refractivity contribution in [2.24, 2.45) is 0 Å². The van der Waals surface area contributed by atoms with Gasteiger partial charge in [-0.3, -0.25) is 0 Å². The Bertz CT molecular complexity index is 212. The zero-order chi connectivity index (χ0) is 14.3. The van der Waals surface area contributed by atoms with E-state index in [2.05, 4.69) is 6.92 Å². The molecule has 0 fully saturated rings. The van der Waals surface area contributed by atoms with Gasteiger partial charge in [-0.25, -0.2) is 4.79 Å². The van der Waals surface area contributed by atoms with Gasteiger partial charge in [0.2, 0.25) is 0 Å². The number of aliphatic carboxylic acids is 1. The van der Waals surface area contributed by atoms with Gasteiger partial charge in [0.25, 0.3) is 0 Å². The molecule has 0 aromatic heterocycles. The van der Waals surface area contributed by atoms with Gasteiger partial charge in [-0.15, -0.1) is 0 Å². The highest BCUT2D eigenvalue weighted by Gasteiger charge is 1.96. The van der Waals surface area contributed by atoms with Crippen molar-refractivity contribution in [3.63, 3.8) is 0 Å². The van der Waals surface area contributed by atoms with Crippen LogP contribution in [0, 0.1) is 0 Å². The van der Waals surface area contributed by atoms with E-state index in [-0.39, 0.29) is 6.61 Å². The Kier molecular flexibility index (Phi) is 12.4. The Morgan fingerprint density at radius 3 is 2.11 bits per heavy atom. The van der Waals surface area contributed by atoms with E-state index >= 15 is 0 Å². The number of hydrogen-bond acceptors (Lipinski definition) is 3. The van der Waals surface area contributed by atoms with E-state index in [0.29, 0.717) is 13.2 Å². The summed E-state index contributed by atoms with van der Waals surface area (Å²) >= 11 is 0. The molecule has 0 saturated carbocycles. The standard InChI is InChI=1S/C14H28O4/c1-2-3-4-5-6-7-8-9-10-17-11-12-18-13-14(15)16/h2-13H2,1H3,(H,15,16)/i13T. The molecule has 0 aromatic rings. The van der Waals surface area contributed by atoms with E-state index in [1.54, 1.807) is 0 Å². The van der Waals surface area contributed by atoms with Gasteiger partial charge < -0.3 is 14.6 Å². The Hall–Kier alpha value is -0.610. The summed E-state index contributed by atoms with van der Waals surface area (Å²) in [5.41, 5.74) is 0. The fourth-order valence-corrected chi connectivity index (χ4v) is 1.68. The minimum absolute atomic E-state index is 0.164. The summed E-state index contributed by atoms with van der Waals surface area (Å²) in [4.78, 5) is 10.3. The van der Waals surface area contributed by atoms with E-state index in [1.165, 1.54) is 44.9 Å². The topological polar surface area (TPSA) is 55.8 Å². The molecule has 0 aliphatic rings. The summed E-state index contributed by atoms with van der Waals surface area (Å²) < 4.78 is 17.0. The maximum absolute atomic E-state index is 10.3. The maximum atomic E-state index is 10.3. The van der Waals surface area contributed by atoms with Crippen molar-refractivity contribution >= 4 is 5.97 Å². The van der Waals surface area contributed by atoms with Crippen LogP contribution in [0.15, 0.2) is 0 Å². The molecule has 18 heavy (non-hydrogen) atoms. The lowest BCUT2D eigenvalue weighted by Crippen LogP contribution is -2.11. The molecule has 0 bridgehead atoms. The van der Waals surface area contributed by atoms with E-state index in [9.17, 15) is 4.79 Å². The Morgan fingerprint density at radius 1 is 0.944 bits per heavy atom. The molecule has 0 saturated heterocycles. The van der Waals surface area contributed by atoms with Crippen LogP contribution < -0.4 is 0 Å². The average Bonchev–Trinajstić information content (AvgIpc) is 2.39. The van der Waals surface area contributed by atoms with Crippen molar-refractivity contribution in [2.75, 3.05) is 26.4 Å². The molecule has 1 unspecified atom stereocenters. The highest BCUT2D eigenvalue weighted by atomic mass is 16.5. The lowest BCUT2D eigenvalue weighted by molar-refractivity contribution is -0.142. The zero-order valence-corrected chi connectivity index (χ0v) is 11.5. The van der Waals surface area contributed by atoms with Crippen molar-refractivity contribution < 1.29 is 20.7 Å². The molecule has 4 nitrogen and oxygen atoms in total. The summed E-state index contributed by atoms with van der Waals surface area (Å²) in [6.45, 7) is 1.94. The van der Waals surface area contributed by atoms with Gasteiger partial charge in [0, 0.05) is 6.61 Å². The Balaban J connectivity index is 3.05. The molecule has 0 aliphatic carbocycles. The van der Waals surface area contributed by atoms with Crippen LogP contribution >= 0.6 is 0 Å². The van der Waals surface area contributed by atoms with Crippen LogP contribution in [-0.2, 0) is 14.3 Å². The van der Waals surface area contributed by atoms with Crippen LogP contribution in [-0.4, -0.2) is 37.5 Å². The third-order valence-electron chi connectivity index (χ3n) is 2.67. The first-order valence-corrected chi connectivity index (χ1v) is 7.03. The van der Waals surface area contributed by atoms with Crippen LogP contribution in [0.25, 0.3) is 0 Å².